The Labute approximate surface area is 98.8 Å². The van der Waals surface area contributed by atoms with E-state index >= 15 is 0 Å². The second-order valence-corrected chi connectivity index (χ2v) is 4.41. The van der Waals surface area contributed by atoms with E-state index in [4.69, 9.17) is 5.11 Å². The van der Waals surface area contributed by atoms with Crippen molar-refractivity contribution in [2.45, 2.75) is 11.4 Å². The number of rotatable bonds is 6. The molecule has 0 aliphatic carbocycles. The van der Waals surface area contributed by atoms with Gasteiger partial charge in [0.2, 0.25) is 0 Å². The number of carboxylic acid groups (broad SMARTS) is 1. The molecule has 16 heavy (non-hydrogen) atoms. The van der Waals surface area contributed by atoms with Gasteiger partial charge >= 0.3 is 5.97 Å². The fourth-order valence-corrected chi connectivity index (χ4v) is 2.31. The van der Waals surface area contributed by atoms with Crippen LogP contribution in [-0.4, -0.2) is 28.0 Å². The van der Waals surface area contributed by atoms with Crippen molar-refractivity contribution in [2.75, 3.05) is 5.75 Å². The molecule has 0 saturated carbocycles. The summed E-state index contributed by atoms with van der Waals surface area (Å²) in [6.45, 7) is 3.58. The van der Waals surface area contributed by atoms with Crippen LogP contribution in [0.2, 0.25) is 0 Å². The molecule has 0 saturated heterocycles. The van der Waals surface area contributed by atoms with Gasteiger partial charge in [-0.3, -0.25) is 0 Å². The summed E-state index contributed by atoms with van der Waals surface area (Å²) in [6, 6.07) is 9.13. The van der Waals surface area contributed by atoms with Crippen LogP contribution in [0.15, 0.2) is 43.0 Å². The first-order valence-corrected chi connectivity index (χ1v) is 5.90. The van der Waals surface area contributed by atoms with Crippen LogP contribution in [0.5, 0.6) is 0 Å². The summed E-state index contributed by atoms with van der Waals surface area (Å²) < 4.78 is 0. The van der Waals surface area contributed by atoms with Gasteiger partial charge in [-0.1, -0.05) is 36.4 Å². The van der Waals surface area contributed by atoms with Crippen molar-refractivity contribution >= 4 is 17.7 Å². The molecule has 4 heteroatoms. The number of carboxylic acids is 1. The van der Waals surface area contributed by atoms with Gasteiger partial charge in [0.15, 0.2) is 6.10 Å². The predicted octanol–water partition coefficient (Wildman–Crippen LogP) is 2.09. The third kappa shape index (κ3) is 3.40. The lowest BCUT2D eigenvalue weighted by molar-refractivity contribution is -0.146. The Morgan fingerprint density at radius 3 is 2.56 bits per heavy atom. The molecular formula is C12H14O3S. The molecule has 86 valence electrons. The fourth-order valence-electron chi connectivity index (χ4n) is 1.31. The van der Waals surface area contributed by atoms with E-state index < -0.39 is 17.3 Å². The fraction of sp³-hybridized carbons (Fsp3) is 0.250. The second-order valence-electron chi connectivity index (χ2n) is 3.24. The first-order chi connectivity index (χ1) is 7.66. The lowest BCUT2D eigenvalue weighted by atomic mass is 10.1. The molecule has 2 N–H and O–H groups in total. The van der Waals surface area contributed by atoms with Gasteiger partial charge < -0.3 is 10.2 Å². The second kappa shape index (κ2) is 6.35. The van der Waals surface area contributed by atoms with Gasteiger partial charge in [-0.2, -0.15) is 0 Å². The van der Waals surface area contributed by atoms with Crippen LogP contribution in [0.1, 0.15) is 10.8 Å². The highest BCUT2D eigenvalue weighted by molar-refractivity contribution is 7.99. The summed E-state index contributed by atoms with van der Waals surface area (Å²) in [7, 11) is 0. The van der Waals surface area contributed by atoms with Gasteiger partial charge in [-0.05, 0) is 5.56 Å². The van der Waals surface area contributed by atoms with E-state index in [1.807, 2.05) is 30.3 Å². The molecule has 1 rings (SSSR count). The Morgan fingerprint density at radius 1 is 1.44 bits per heavy atom. The van der Waals surface area contributed by atoms with Crippen molar-refractivity contribution in [2.24, 2.45) is 0 Å². The Hall–Kier alpha value is -1.26. The average molecular weight is 238 g/mol. The maximum atomic E-state index is 10.8. The molecule has 0 unspecified atom stereocenters. The number of carbonyl (C=O) groups is 1. The Morgan fingerprint density at radius 2 is 2.06 bits per heavy atom. The monoisotopic (exact) mass is 238 g/mol. The molecule has 0 amide bonds. The lowest BCUT2D eigenvalue weighted by Gasteiger charge is -2.19. The van der Waals surface area contributed by atoms with Crippen LogP contribution in [0.3, 0.4) is 0 Å². The van der Waals surface area contributed by atoms with Gasteiger partial charge in [-0.25, -0.2) is 4.79 Å². The Balaban J connectivity index is 2.86. The summed E-state index contributed by atoms with van der Waals surface area (Å²) >= 11 is 1.36. The van der Waals surface area contributed by atoms with Crippen molar-refractivity contribution in [3.05, 3.63) is 48.6 Å². The number of hydrogen-bond acceptors (Lipinski definition) is 3. The minimum absolute atomic E-state index is 0.461. The van der Waals surface area contributed by atoms with Crippen LogP contribution in [-0.2, 0) is 4.79 Å². The van der Waals surface area contributed by atoms with Crippen LogP contribution in [0.4, 0.5) is 0 Å². The summed E-state index contributed by atoms with van der Waals surface area (Å²) in [5, 5.41) is 18.0. The lowest BCUT2D eigenvalue weighted by Crippen LogP contribution is -2.26. The van der Waals surface area contributed by atoms with Gasteiger partial charge in [0.1, 0.15) is 0 Å². The van der Waals surface area contributed by atoms with Crippen LogP contribution >= 0.6 is 11.8 Å². The van der Waals surface area contributed by atoms with E-state index in [2.05, 4.69) is 6.58 Å². The average Bonchev–Trinajstić information content (AvgIpc) is 2.30. The topological polar surface area (TPSA) is 57.5 Å². The van der Waals surface area contributed by atoms with Crippen molar-refractivity contribution in [3.8, 4) is 0 Å². The molecule has 0 aromatic heterocycles. The molecule has 0 radical (unpaired) electrons. The summed E-state index contributed by atoms with van der Waals surface area (Å²) in [6.07, 6.45) is 0.294. The molecule has 0 aliphatic heterocycles. The summed E-state index contributed by atoms with van der Waals surface area (Å²) in [5.41, 5.74) is 0.809. The number of thioether (sulfide) groups is 1. The summed E-state index contributed by atoms with van der Waals surface area (Å²) in [5.74, 6) is -0.602. The minimum Gasteiger partial charge on any atom is -0.479 e. The highest BCUT2D eigenvalue weighted by Crippen LogP contribution is 2.32. The standard InChI is InChI=1S/C12H14O3S/c1-2-8-16-11(10(13)12(14)15)9-6-4-3-5-7-9/h2-7,10-11,13H,1,8H2,(H,14,15)/t10-,11-/m1/s1. The van der Waals surface area contributed by atoms with E-state index in [0.29, 0.717) is 5.75 Å². The van der Waals surface area contributed by atoms with Crippen molar-refractivity contribution in [3.63, 3.8) is 0 Å². The molecule has 3 nitrogen and oxygen atoms in total. The molecule has 2 atom stereocenters. The summed E-state index contributed by atoms with van der Waals surface area (Å²) in [4.78, 5) is 10.8. The van der Waals surface area contributed by atoms with E-state index in [1.54, 1.807) is 6.08 Å². The number of aliphatic hydroxyl groups is 1. The van der Waals surface area contributed by atoms with Crippen LogP contribution in [0.25, 0.3) is 0 Å². The number of hydrogen-bond donors (Lipinski definition) is 2. The molecule has 0 spiro atoms. The van der Waals surface area contributed by atoms with Gasteiger partial charge in [0.05, 0.1) is 5.25 Å². The number of aliphatic carboxylic acids is 1. The third-order valence-electron chi connectivity index (χ3n) is 2.06. The maximum Gasteiger partial charge on any atom is 0.334 e. The smallest absolute Gasteiger partial charge is 0.334 e. The zero-order valence-electron chi connectivity index (χ0n) is 8.74. The largest absolute Gasteiger partial charge is 0.479 e. The molecule has 0 fully saturated rings. The molecule has 1 aromatic rings. The van der Waals surface area contributed by atoms with Crippen molar-refractivity contribution < 1.29 is 15.0 Å². The quantitative estimate of drug-likeness (QED) is 0.745. The zero-order chi connectivity index (χ0) is 12.0. The van der Waals surface area contributed by atoms with Crippen LogP contribution in [0, 0.1) is 0 Å². The zero-order valence-corrected chi connectivity index (χ0v) is 9.56. The van der Waals surface area contributed by atoms with E-state index in [9.17, 15) is 9.90 Å². The maximum absolute atomic E-state index is 10.8. The Bertz CT molecular complexity index is 351. The molecular weight excluding hydrogens is 224 g/mol. The first kappa shape index (κ1) is 12.8. The van der Waals surface area contributed by atoms with Gasteiger partial charge in [0, 0.05) is 5.75 Å². The Kier molecular flexibility index (Phi) is 5.08. The van der Waals surface area contributed by atoms with Gasteiger partial charge in [-0.15, -0.1) is 18.3 Å². The minimum atomic E-state index is -1.40. The highest BCUT2D eigenvalue weighted by atomic mass is 32.2. The molecule has 0 heterocycles. The van der Waals surface area contributed by atoms with Crippen molar-refractivity contribution in [1.82, 2.24) is 0 Å². The van der Waals surface area contributed by atoms with E-state index in [1.165, 1.54) is 11.8 Å². The third-order valence-corrected chi connectivity index (χ3v) is 3.38. The van der Waals surface area contributed by atoms with Gasteiger partial charge in [0.25, 0.3) is 0 Å². The predicted molar refractivity (Wildman–Crippen MR) is 65.5 cm³/mol. The van der Waals surface area contributed by atoms with E-state index in [0.717, 1.165) is 5.56 Å². The SMILES string of the molecule is C=CCS[C@H](c1ccccc1)[C@@H](O)C(=O)O. The highest BCUT2D eigenvalue weighted by Gasteiger charge is 2.26. The number of aliphatic hydroxyl groups excluding tert-OH is 1. The normalized spacial score (nSPS) is 14.1. The molecule has 0 bridgehead atoms. The van der Waals surface area contributed by atoms with E-state index in [-0.39, 0.29) is 0 Å². The van der Waals surface area contributed by atoms with Crippen molar-refractivity contribution in [1.29, 1.82) is 0 Å². The van der Waals surface area contributed by atoms with Crippen LogP contribution < -0.4 is 0 Å². The first-order valence-electron chi connectivity index (χ1n) is 4.85. The molecule has 1 aromatic carbocycles. The molecule has 0 aliphatic rings. The number of benzene rings is 1.